The number of nitrogens with zero attached hydrogens (tertiary/aromatic N) is 4. The molecule has 0 atom stereocenters. The van der Waals surface area contributed by atoms with E-state index in [4.69, 9.17) is 9.72 Å². The molecule has 7 heteroatoms. The van der Waals surface area contributed by atoms with Gasteiger partial charge in [0.25, 0.3) is 0 Å². The minimum absolute atomic E-state index is 0.159. The molecule has 1 aliphatic heterocycles. The van der Waals surface area contributed by atoms with Crippen molar-refractivity contribution in [2.45, 2.75) is 20.4 Å². The second kappa shape index (κ2) is 7.32. The molecular formula is C20H24N4O2S. The minimum Gasteiger partial charge on any atom is -0.497 e. The van der Waals surface area contributed by atoms with Gasteiger partial charge in [-0.1, -0.05) is 12.1 Å². The Kier molecular flexibility index (Phi) is 4.88. The van der Waals surface area contributed by atoms with Crippen LogP contribution in [0.4, 0.5) is 0 Å². The lowest BCUT2D eigenvalue weighted by Gasteiger charge is -2.34. The van der Waals surface area contributed by atoms with Crippen LogP contribution in [0.1, 0.15) is 17.5 Å². The molecule has 4 rings (SSSR count). The van der Waals surface area contributed by atoms with E-state index in [0.29, 0.717) is 0 Å². The van der Waals surface area contributed by atoms with Crippen molar-refractivity contribution >= 4 is 22.2 Å². The van der Waals surface area contributed by atoms with E-state index in [2.05, 4.69) is 28.5 Å². The van der Waals surface area contributed by atoms with Crippen molar-refractivity contribution in [1.82, 2.24) is 19.2 Å². The maximum absolute atomic E-state index is 11.6. The molecule has 1 saturated heterocycles. The lowest BCUT2D eigenvalue weighted by molar-refractivity contribution is -0.130. The van der Waals surface area contributed by atoms with Gasteiger partial charge in [0.05, 0.1) is 18.5 Å². The van der Waals surface area contributed by atoms with Gasteiger partial charge in [-0.2, -0.15) is 0 Å². The van der Waals surface area contributed by atoms with Crippen LogP contribution in [0.15, 0.2) is 30.5 Å². The Morgan fingerprint density at radius 3 is 2.74 bits per heavy atom. The highest BCUT2D eigenvalue weighted by Gasteiger charge is 2.23. The van der Waals surface area contributed by atoms with Gasteiger partial charge in [0.15, 0.2) is 4.96 Å². The van der Waals surface area contributed by atoms with Crippen LogP contribution >= 0.6 is 11.3 Å². The molecule has 1 aromatic carbocycles. The normalized spacial score (nSPS) is 15.4. The largest absolute Gasteiger partial charge is 0.497 e. The maximum Gasteiger partial charge on any atom is 0.219 e. The van der Waals surface area contributed by atoms with Crippen molar-refractivity contribution in [3.63, 3.8) is 0 Å². The predicted octanol–water partition coefficient (Wildman–Crippen LogP) is 3.04. The number of piperazine rings is 1. The molecule has 2 aromatic heterocycles. The third-order valence-corrected chi connectivity index (χ3v) is 5.97. The molecule has 0 unspecified atom stereocenters. The Morgan fingerprint density at radius 1 is 1.26 bits per heavy atom. The number of ether oxygens (including phenoxy) is 1. The summed E-state index contributed by atoms with van der Waals surface area (Å²) in [6, 6.07) is 8.07. The van der Waals surface area contributed by atoms with Gasteiger partial charge in [0.1, 0.15) is 5.75 Å². The fraction of sp³-hybridized carbons (Fsp3) is 0.400. The second-order valence-corrected chi connectivity index (χ2v) is 8.13. The van der Waals surface area contributed by atoms with Gasteiger partial charge in [0, 0.05) is 56.3 Å². The summed E-state index contributed by atoms with van der Waals surface area (Å²) in [5.41, 5.74) is 3.27. The van der Waals surface area contributed by atoms with E-state index in [1.54, 1.807) is 25.4 Å². The van der Waals surface area contributed by atoms with E-state index in [1.807, 2.05) is 23.1 Å². The standard InChI is InChI=1S/C20H24N4O2S/c1-14-12-24-18(13-22-7-9-23(10-8-22)15(2)25)19(21-20(24)27-14)16-5-4-6-17(11-16)26-3/h4-6,11-12H,7-10,13H2,1-3H3. The fourth-order valence-corrected chi connectivity index (χ4v) is 4.43. The highest BCUT2D eigenvalue weighted by molar-refractivity contribution is 7.17. The number of carbonyl (C=O) groups is 1. The molecule has 0 N–H and O–H groups in total. The Morgan fingerprint density at radius 2 is 2.04 bits per heavy atom. The highest BCUT2D eigenvalue weighted by Crippen LogP contribution is 2.31. The summed E-state index contributed by atoms with van der Waals surface area (Å²) in [6.07, 6.45) is 2.16. The molecule has 0 bridgehead atoms. The Balaban J connectivity index is 1.67. The van der Waals surface area contributed by atoms with Crippen LogP contribution in [0.25, 0.3) is 16.2 Å². The van der Waals surface area contributed by atoms with Gasteiger partial charge in [0.2, 0.25) is 5.91 Å². The number of aromatic nitrogens is 2. The first kappa shape index (κ1) is 18.0. The Hall–Kier alpha value is -2.38. The molecule has 3 aromatic rings. The fourth-order valence-electron chi connectivity index (χ4n) is 3.59. The van der Waals surface area contributed by atoms with Crippen molar-refractivity contribution in [3.05, 3.63) is 41.0 Å². The van der Waals surface area contributed by atoms with E-state index < -0.39 is 0 Å². The summed E-state index contributed by atoms with van der Waals surface area (Å²) in [5.74, 6) is 0.993. The molecule has 6 nitrogen and oxygen atoms in total. The van der Waals surface area contributed by atoms with Gasteiger partial charge >= 0.3 is 0 Å². The van der Waals surface area contributed by atoms with Crippen LogP contribution in [0.5, 0.6) is 5.75 Å². The summed E-state index contributed by atoms with van der Waals surface area (Å²) >= 11 is 1.71. The molecule has 0 spiro atoms. The average Bonchev–Trinajstić information content (AvgIpc) is 3.19. The molecule has 0 saturated carbocycles. The SMILES string of the molecule is COc1cccc(-c2nc3sc(C)cn3c2CN2CCN(C(C)=O)CC2)c1. The first-order valence-corrected chi connectivity index (χ1v) is 9.96. The topological polar surface area (TPSA) is 50.1 Å². The smallest absolute Gasteiger partial charge is 0.219 e. The van der Waals surface area contributed by atoms with Gasteiger partial charge in [-0.15, -0.1) is 11.3 Å². The summed E-state index contributed by atoms with van der Waals surface area (Å²) in [6.45, 7) is 7.91. The number of hydrogen-bond donors (Lipinski definition) is 0. The molecule has 0 radical (unpaired) electrons. The monoisotopic (exact) mass is 384 g/mol. The number of carbonyl (C=O) groups excluding carboxylic acids is 1. The van der Waals surface area contributed by atoms with Crippen molar-refractivity contribution in [2.24, 2.45) is 0 Å². The van der Waals surface area contributed by atoms with E-state index in [0.717, 1.165) is 54.7 Å². The molecule has 1 aliphatic rings. The predicted molar refractivity (Wildman–Crippen MR) is 107 cm³/mol. The molecule has 142 valence electrons. The summed E-state index contributed by atoms with van der Waals surface area (Å²) in [5, 5.41) is 0. The van der Waals surface area contributed by atoms with E-state index in [9.17, 15) is 4.79 Å². The van der Waals surface area contributed by atoms with Crippen molar-refractivity contribution < 1.29 is 9.53 Å². The first-order valence-electron chi connectivity index (χ1n) is 9.15. The molecule has 27 heavy (non-hydrogen) atoms. The quantitative estimate of drug-likeness (QED) is 0.694. The van der Waals surface area contributed by atoms with E-state index >= 15 is 0 Å². The summed E-state index contributed by atoms with van der Waals surface area (Å²) < 4.78 is 7.61. The zero-order valence-corrected chi connectivity index (χ0v) is 16.8. The number of aryl methyl sites for hydroxylation is 1. The number of imidazole rings is 1. The summed E-state index contributed by atoms with van der Waals surface area (Å²) in [7, 11) is 1.68. The van der Waals surface area contributed by atoms with Crippen LogP contribution in [0, 0.1) is 6.92 Å². The third-order valence-electron chi connectivity index (χ3n) is 5.08. The zero-order chi connectivity index (χ0) is 19.0. The number of fused-ring (bicyclic) bond motifs is 1. The third kappa shape index (κ3) is 3.57. The number of hydrogen-bond acceptors (Lipinski definition) is 5. The van der Waals surface area contributed by atoms with Crippen LogP contribution in [0.3, 0.4) is 0 Å². The summed E-state index contributed by atoms with van der Waals surface area (Å²) in [4.78, 5) is 23.1. The molecule has 0 aliphatic carbocycles. The first-order chi connectivity index (χ1) is 13.0. The van der Waals surface area contributed by atoms with Crippen LogP contribution < -0.4 is 4.74 Å². The molecule has 3 heterocycles. The number of rotatable bonds is 4. The average molecular weight is 385 g/mol. The maximum atomic E-state index is 11.6. The van der Waals surface area contributed by atoms with Gasteiger partial charge in [-0.05, 0) is 19.1 Å². The number of methoxy groups -OCH3 is 1. The van der Waals surface area contributed by atoms with Crippen molar-refractivity contribution in [1.29, 1.82) is 0 Å². The number of amides is 1. The lowest BCUT2D eigenvalue weighted by atomic mass is 10.1. The van der Waals surface area contributed by atoms with Crippen molar-refractivity contribution in [2.75, 3.05) is 33.3 Å². The van der Waals surface area contributed by atoms with Gasteiger partial charge < -0.3 is 9.64 Å². The molecular weight excluding hydrogens is 360 g/mol. The Labute approximate surface area is 163 Å². The van der Waals surface area contributed by atoms with Crippen molar-refractivity contribution in [3.8, 4) is 17.0 Å². The highest BCUT2D eigenvalue weighted by atomic mass is 32.1. The van der Waals surface area contributed by atoms with Crippen LogP contribution in [0.2, 0.25) is 0 Å². The molecule has 1 amide bonds. The van der Waals surface area contributed by atoms with Crippen LogP contribution in [-0.2, 0) is 11.3 Å². The number of benzene rings is 1. The van der Waals surface area contributed by atoms with E-state index in [1.165, 1.54) is 10.6 Å². The number of thiazole rings is 1. The minimum atomic E-state index is 0.159. The second-order valence-electron chi connectivity index (χ2n) is 6.92. The van der Waals surface area contributed by atoms with Crippen LogP contribution in [-0.4, -0.2) is 58.4 Å². The lowest BCUT2D eigenvalue weighted by Crippen LogP contribution is -2.47. The Bertz CT molecular complexity index is 970. The zero-order valence-electron chi connectivity index (χ0n) is 15.9. The van der Waals surface area contributed by atoms with Gasteiger partial charge in [-0.3, -0.25) is 14.1 Å². The molecule has 1 fully saturated rings. The van der Waals surface area contributed by atoms with E-state index in [-0.39, 0.29) is 5.91 Å². The van der Waals surface area contributed by atoms with Gasteiger partial charge in [-0.25, -0.2) is 4.98 Å².